The van der Waals surface area contributed by atoms with E-state index in [-0.39, 0.29) is 31.9 Å². The van der Waals surface area contributed by atoms with Gasteiger partial charge in [0, 0.05) is 25.2 Å². The highest BCUT2D eigenvalue weighted by Crippen LogP contribution is 2.39. The summed E-state index contributed by atoms with van der Waals surface area (Å²) in [4.78, 5) is 32.4. The number of hydrogen-bond acceptors (Lipinski definition) is 8. The minimum absolute atomic E-state index is 0.0643. The van der Waals surface area contributed by atoms with E-state index in [4.69, 9.17) is 19.7 Å². The summed E-state index contributed by atoms with van der Waals surface area (Å²) in [6.45, 7) is 4.00. The number of benzene rings is 1. The molecule has 39 heavy (non-hydrogen) atoms. The highest BCUT2D eigenvalue weighted by molar-refractivity contribution is 7.89. The van der Waals surface area contributed by atoms with E-state index in [2.05, 4.69) is 5.32 Å². The van der Waals surface area contributed by atoms with Crippen LogP contribution >= 0.6 is 7.82 Å². The number of nitrogens with one attached hydrogen (secondary N) is 1. The second-order valence-corrected chi connectivity index (χ2v) is 13.4. The van der Waals surface area contributed by atoms with Gasteiger partial charge in [-0.25, -0.2) is 17.8 Å². The second-order valence-electron chi connectivity index (χ2n) is 10.1. The summed E-state index contributed by atoms with van der Waals surface area (Å²) in [5.74, 6) is -0.114. The van der Waals surface area contributed by atoms with Crippen molar-refractivity contribution in [2.45, 2.75) is 56.6 Å². The molecule has 0 spiro atoms. The zero-order chi connectivity index (χ0) is 28.6. The number of carbonyl (C=O) groups excluding carboxylic acids is 1. The average Bonchev–Trinajstić information content (AvgIpc) is 3.35. The molecule has 1 aliphatic heterocycles. The predicted molar refractivity (Wildman–Crippen MR) is 145 cm³/mol. The fourth-order valence-electron chi connectivity index (χ4n) is 4.42. The first kappa shape index (κ1) is 31.3. The number of allylic oxidation sites excluding steroid dienone is 2. The van der Waals surface area contributed by atoms with Gasteiger partial charge in [0.1, 0.15) is 12.2 Å². The van der Waals surface area contributed by atoms with Crippen molar-refractivity contribution in [3.8, 4) is 0 Å². The summed E-state index contributed by atoms with van der Waals surface area (Å²) in [7, 11) is -9.10. The van der Waals surface area contributed by atoms with Crippen LogP contribution in [0.2, 0.25) is 0 Å². The molecule has 1 aromatic rings. The predicted octanol–water partition coefficient (Wildman–Crippen LogP) is 2.05. The molecule has 0 bridgehead atoms. The zero-order valence-electron chi connectivity index (χ0n) is 22.1. The molecule has 0 aromatic heterocycles. The zero-order valence-corrected chi connectivity index (χ0v) is 23.8. The third-order valence-electron chi connectivity index (χ3n) is 6.27. The Hall–Kier alpha value is -2.25. The third-order valence-corrected chi connectivity index (χ3v) is 8.95. The van der Waals surface area contributed by atoms with E-state index in [1.54, 1.807) is 36.4 Å². The summed E-state index contributed by atoms with van der Waals surface area (Å²) >= 11 is 0. The molecule has 0 saturated carbocycles. The normalized spacial score (nSPS) is 21.5. The van der Waals surface area contributed by atoms with Gasteiger partial charge in [-0.1, -0.05) is 56.3 Å². The standard InChI is InChI=1S/C25H38N3O9PS/c1-18(2)15-28(39(33,34)22-10-8-20(26)9-11-22)16-24(37-38(30,31)32)23(14-19-6-4-3-5-7-19)27-25(29)36-21-12-13-35-17-21/h3-10,18,21-24H,11-17,26H2,1-2H3,(H,27,29)(H2,30,31,32)/t21-,22?,23-,24+/m0/s1. The van der Waals surface area contributed by atoms with Crippen molar-refractivity contribution in [1.82, 2.24) is 9.62 Å². The van der Waals surface area contributed by atoms with Crippen LogP contribution in [-0.4, -0.2) is 78.4 Å². The Labute approximate surface area is 229 Å². The Balaban J connectivity index is 1.92. The number of carbonyl (C=O) groups is 1. The monoisotopic (exact) mass is 587 g/mol. The topological polar surface area (TPSA) is 178 Å². The largest absolute Gasteiger partial charge is 0.469 e. The van der Waals surface area contributed by atoms with Crippen LogP contribution < -0.4 is 11.1 Å². The SMILES string of the molecule is CC(C)CN(C[C@@H](OP(=O)(O)O)[C@H](Cc1ccccc1)NC(=O)O[C@H]1CCOC1)S(=O)(=O)C1C=CC(N)=CC1. The van der Waals surface area contributed by atoms with Crippen LogP contribution in [0.4, 0.5) is 4.79 Å². The first-order valence-electron chi connectivity index (χ1n) is 12.8. The maximum absolute atomic E-state index is 13.7. The van der Waals surface area contributed by atoms with Crippen LogP contribution in [-0.2, 0) is 35.0 Å². The molecular formula is C25H38N3O9PS. The summed E-state index contributed by atoms with van der Waals surface area (Å²) in [5.41, 5.74) is 6.96. The van der Waals surface area contributed by atoms with E-state index in [0.29, 0.717) is 18.7 Å². The maximum atomic E-state index is 13.7. The summed E-state index contributed by atoms with van der Waals surface area (Å²) < 4.78 is 56.4. The van der Waals surface area contributed by atoms with Gasteiger partial charge >= 0.3 is 13.9 Å². The lowest BCUT2D eigenvalue weighted by Gasteiger charge is -2.34. The first-order valence-corrected chi connectivity index (χ1v) is 15.8. The molecule has 4 atom stereocenters. The van der Waals surface area contributed by atoms with Crippen LogP contribution in [0, 0.1) is 5.92 Å². The lowest BCUT2D eigenvalue weighted by molar-refractivity contribution is 0.0601. The number of ether oxygens (including phenoxy) is 2. The van der Waals surface area contributed by atoms with Gasteiger partial charge in [-0.05, 0) is 30.4 Å². The number of nitrogens with zero attached hydrogens (tertiary/aromatic N) is 1. The number of rotatable bonds is 13. The van der Waals surface area contributed by atoms with Gasteiger partial charge in [-0.3, -0.25) is 4.52 Å². The highest BCUT2D eigenvalue weighted by atomic mass is 32.2. The van der Waals surface area contributed by atoms with E-state index in [1.165, 1.54) is 12.2 Å². The molecule has 1 heterocycles. The molecule has 2 aliphatic rings. The van der Waals surface area contributed by atoms with Crippen molar-refractivity contribution in [2.75, 3.05) is 26.3 Å². The number of alkyl carbamates (subject to hydrolysis) is 1. The number of phosphoric ester groups is 1. The van der Waals surface area contributed by atoms with Crippen molar-refractivity contribution in [3.05, 3.63) is 59.8 Å². The van der Waals surface area contributed by atoms with Gasteiger partial charge in [0.25, 0.3) is 0 Å². The molecule has 1 unspecified atom stereocenters. The van der Waals surface area contributed by atoms with Gasteiger partial charge in [0.05, 0.1) is 24.5 Å². The van der Waals surface area contributed by atoms with Crippen molar-refractivity contribution >= 4 is 23.9 Å². The summed E-state index contributed by atoms with van der Waals surface area (Å²) in [6, 6.07) is 7.89. The number of hydrogen-bond donors (Lipinski definition) is 4. The first-order chi connectivity index (χ1) is 18.3. The lowest BCUT2D eigenvalue weighted by atomic mass is 10.0. The van der Waals surface area contributed by atoms with E-state index in [0.717, 1.165) is 9.87 Å². The second kappa shape index (κ2) is 13.9. The third kappa shape index (κ3) is 10.0. The van der Waals surface area contributed by atoms with Gasteiger partial charge in [-0.2, -0.15) is 4.31 Å². The molecule has 1 aromatic carbocycles. The van der Waals surface area contributed by atoms with Gasteiger partial charge < -0.3 is 30.3 Å². The Kier molecular flexibility index (Phi) is 11.1. The van der Waals surface area contributed by atoms with E-state index in [9.17, 15) is 27.6 Å². The Morgan fingerprint density at radius 3 is 2.54 bits per heavy atom. The van der Waals surface area contributed by atoms with Gasteiger partial charge in [0.2, 0.25) is 10.0 Å². The summed E-state index contributed by atoms with van der Waals surface area (Å²) in [5, 5.41) is 1.75. The minimum atomic E-state index is -5.11. The minimum Gasteiger partial charge on any atom is -0.444 e. The van der Waals surface area contributed by atoms with Crippen molar-refractivity contribution in [1.29, 1.82) is 0 Å². The molecule has 218 valence electrons. The Bertz CT molecular complexity index is 1160. The van der Waals surface area contributed by atoms with Crippen molar-refractivity contribution in [2.24, 2.45) is 11.7 Å². The highest BCUT2D eigenvalue weighted by Gasteiger charge is 2.38. The van der Waals surface area contributed by atoms with Crippen molar-refractivity contribution in [3.63, 3.8) is 0 Å². The van der Waals surface area contributed by atoms with Crippen LogP contribution in [0.3, 0.4) is 0 Å². The van der Waals surface area contributed by atoms with E-state index >= 15 is 0 Å². The van der Waals surface area contributed by atoms with Crippen LogP contribution in [0.5, 0.6) is 0 Å². The molecule has 1 fully saturated rings. The molecule has 5 N–H and O–H groups in total. The molecule has 14 heteroatoms. The average molecular weight is 588 g/mol. The van der Waals surface area contributed by atoms with E-state index < -0.39 is 54.0 Å². The molecule has 0 radical (unpaired) electrons. The van der Waals surface area contributed by atoms with Crippen molar-refractivity contribution < 1.29 is 41.6 Å². The fourth-order valence-corrected chi connectivity index (χ4v) is 6.84. The maximum Gasteiger partial charge on any atom is 0.469 e. The van der Waals surface area contributed by atoms with Crippen LogP contribution in [0.1, 0.15) is 32.3 Å². The quantitative estimate of drug-likeness (QED) is 0.250. The summed E-state index contributed by atoms with van der Waals surface area (Å²) in [6.07, 6.45) is 2.71. The molecule has 1 amide bonds. The number of sulfonamides is 1. The number of phosphoric acid groups is 1. The van der Waals surface area contributed by atoms with Gasteiger partial charge in [-0.15, -0.1) is 0 Å². The fraction of sp³-hybridized carbons (Fsp3) is 0.560. The number of nitrogens with two attached hydrogens (primary N) is 1. The number of amides is 1. The molecule has 3 rings (SSSR count). The van der Waals surface area contributed by atoms with Crippen LogP contribution in [0.25, 0.3) is 0 Å². The Morgan fingerprint density at radius 2 is 1.97 bits per heavy atom. The Morgan fingerprint density at radius 1 is 1.26 bits per heavy atom. The van der Waals surface area contributed by atoms with E-state index in [1.807, 2.05) is 13.8 Å². The smallest absolute Gasteiger partial charge is 0.444 e. The molecule has 1 aliphatic carbocycles. The lowest BCUT2D eigenvalue weighted by Crippen LogP contribution is -2.53. The molecular weight excluding hydrogens is 549 g/mol. The molecule has 12 nitrogen and oxygen atoms in total. The van der Waals surface area contributed by atoms with Gasteiger partial charge in [0.15, 0.2) is 0 Å². The van der Waals surface area contributed by atoms with Crippen LogP contribution in [0.15, 0.2) is 54.3 Å². The molecule has 1 saturated heterocycles.